The minimum absolute atomic E-state index is 0.109. The average molecular weight is 819 g/mol. The molecule has 2 aromatic carbocycles. The number of fused-ring (bicyclic) bond motifs is 3. The molecule has 0 radical (unpaired) electrons. The highest BCUT2D eigenvalue weighted by molar-refractivity contribution is 7.16. The van der Waals surface area contributed by atoms with Crippen LogP contribution in [0.5, 0.6) is 0 Å². The molecule has 0 aliphatic carbocycles. The van der Waals surface area contributed by atoms with E-state index >= 15 is 0 Å². The summed E-state index contributed by atoms with van der Waals surface area (Å²) in [7, 11) is 0. The van der Waals surface area contributed by atoms with Crippen molar-refractivity contribution in [3.63, 3.8) is 0 Å². The Morgan fingerprint density at radius 3 is 2.21 bits per heavy atom. The number of aryl methyl sites for hydroxylation is 4. The Bertz CT molecular complexity index is 2180. The van der Waals surface area contributed by atoms with Crippen molar-refractivity contribution in [2.45, 2.75) is 54.0 Å². The number of carbonyl (C=O) groups excluding carboxylic acids is 2. The minimum Gasteiger partial charge on any atom is -0.382 e. The van der Waals surface area contributed by atoms with Crippen molar-refractivity contribution in [3.05, 3.63) is 102 Å². The minimum atomic E-state index is -0.536. The number of benzene rings is 2. The Morgan fingerprint density at radius 1 is 0.821 bits per heavy atom. The molecule has 6 rings (SSSR count). The molecule has 0 saturated heterocycles. The third-order valence-corrected chi connectivity index (χ3v) is 11.9. The quantitative estimate of drug-likeness (QED) is 0.0786. The normalized spacial score (nSPS) is 13.5. The fourth-order valence-electron chi connectivity index (χ4n) is 6.21. The van der Waals surface area contributed by atoms with Gasteiger partial charge in [-0.1, -0.05) is 29.8 Å². The van der Waals surface area contributed by atoms with Crippen LogP contribution in [0.15, 0.2) is 47.5 Å². The summed E-state index contributed by atoms with van der Waals surface area (Å²) in [6, 6.07) is 12.7. The topological polar surface area (TPSA) is 154 Å². The second-order valence-electron chi connectivity index (χ2n) is 13.3. The van der Waals surface area contributed by atoms with Gasteiger partial charge in [0.25, 0.3) is 5.91 Å². The number of carbonyl (C=O) groups is 2. The Hall–Kier alpha value is -4.51. The molecule has 2 amide bonds. The van der Waals surface area contributed by atoms with E-state index < -0.39 is 6.04 Å². The number of thiophene rings is 1. The van der Waals surface area contributed by atoms with E-state index in [4.69, 9.17) is 30.8 Å². The van der Waals surface area contributed by atoms with Crippen molar-refractivity contribution >= 4 is 62.6 Å². The maximum absolute atomic E-state index is 13.2. The lowest BCUT2D eigenvalue weighted by Crippen LogP contribution is -2.29. The smallest absolute Gasteiger partial charge is 0.257 e. The average Bonchev–Trinajstić information content (AvgIpc) is 3.78. The number of nitrogens with zero attached hydrogens (tertiary/aromatic N) is 5. The monoisotopic (exact) mass is 818 g/mol. The second-order valence-corrected chi connectivity index (χ2v) is 16.2. The van der Waals surface area contributed by atoms with Crippen molar-refractivity contribution in [2.75, 3.05) is 63.4 Å². The van der Waals surface area contributed by atoms with Crippen LogP contribution in [0.4, 0.5) is 10.8 Å². The van der Waals surface area contributed by atoms with Gasteiger partial charge in [0.05, 0.1) is 57.5 Å². The van der Waals surface area contributed by atoms with Crippen LogP contribution < -0.4 is 16.0 Å². The van der Waals surface area contributed by atoms with Crippen LogP contribution in [0.1, 0.15) is 72.2 Å². The molecule has 1 aliphatic heterocycles. The summed E-state index contributed by atoms with van der Waals surface area (Å²) >= 11 is 9.36. The van der Waals surface area contributed by atoms with Crippen LogP contribution in [0.3, 0.4) is 0 Å². The molecule has 0 spiro atoms. The molecule has 1 atom stereocenters. The zero-order valence-electron chi connectivity index (χ0n) is 32.5. The molecule has 1 aliphatic rings. The van der Waals surface area contributed by atoms with E-state index in [1.165, 1.54) is 16.2 Å². The number of rotatable bonds is 18. The summed E-state index contributed by atoms with van der Waals surface area (Å²) in [6.07, 6.45) is 0.109. The first-order chi connectivity index (χ1) is 27.0. The molecule has 0 unspecified atom stereocenters. The highest BCUT2D eigenvalue weighted by atomic mass is 35.5. The van der Waals surface area contributed by atoms with Crippen LogP contribution in [0.25, 0.3) is 5.00 Å². The molecule has 296 valence electrons. The number of nitrogens with one attached hydrogen (secondary N) is 3. The number of hydrogen-bond acceptors (Lipinski definition) is 12. The highest BCUT2D eigenvalue weighted by Gasteiger charge is 2.32. The molecule has 13 nitrogen and oxygen atoms in total. The van der Waals surface area contributed by atoms with E-state index in [1.807, 2.05) is 68.7 Å². The van der Waals surface area contributed by atoms with Crippen LogP contribution in [0.2, 0.25) is 5.02 Å². The fraction of sp³-hybridized carbons (Fsp3) is 0.400. The van der Waals surface area contributed by atoms with Gasteiger partial charge in [0.1, 0.15) is 16.9 Å². The molecule has 3 aromatic heterocycles. The molecule has 56 heavy (non-hydrogen) atoms. The van der Waals surface area contributed by atoms with Crippen molar-refractivity contribution in [1.29, 1.82) is 0 Å². The maximum Gasteiger partial charge on any atom is 0.257 e. The zero-order valence-corrected chi connectivity index (χ0v) is 34.8. The van der Waals surface area contributed by atoms with Crippen molar-refractivity contribution in [1.82, 2.24) is 25.1 Å². The molecule has 5 aromatic rings. The van der Waals surface area contributed by atoms with E-state index in [1.54, 1.807) is 17.4 Å². The lowest BCUT2D eigenvalue weighted by atomic mass is 9.99. The summed E-state index contributed by atoms with van der Waals surface area (Å²) < 4.78 is 19.1. The predicted molar refractivity (Wildman–Crippen MR) is 223 cm³/mol. The lowest BCUT2D eigenvalue weighted by Gasteiger charge is -2.13. The summed E-state index contributed by atoms with van der Waals surface area (Å²) in [5.41, 5.74) is 7.14. The molecule has 0 saturated carbocycles. The lowest BCUT2D eigenvalue weighted by molar-refractivity contribution is -0.121. The van der Waals surface area contributed by atoms with Crippen LogP contribution in [-0.2, 0) is 19.0 Å². The van der Waals surface area contributed by atoms with Crippen LogP contribution in [0, 0.1) is 41.5 Å². The summed E-state index contributed by atoms with van der Waals surface area (Å²) in [5, 5.41) is 20.3. The third-order valence-electron chi connectivity index (χ3n) is 9.44. The number of aliphatic imine (C=N–C) groups is 1. The summed E-state index contributed by atoms with van der Waals surface area (Å²) in [6.45, 7) is 15.4. The van der Waals surface area contributed by atoms with Gasteiger partial charge in [-0.05, 0) is 76.9 Å². The zero-order chi connectivity index (χ0) is 39.8. The molecule has 4 heterocycles. The van der Waals surface area contributed by atoms with E-state index in [-0.39, 0.29) is 18.2 Å². The van der Waals surface area contributed by atoms with E-state index in [2.05, 4.69) is 45.0 Å². The van der Waals surface area contributed by atoms with Gasteiger partial charge in [-0.3, -0.25) is 24.5 Å². The largest absolute Gasteiger partial charge is 0.382 e. The summed E-state index contributed by atoms with van der Waals surface area (Å²) in [5.74, 6) is 1.04. The first-order valence-corrected chi connectivity index (χ1v) is 20.5. The molecule has 0 fully saturated rings. The summed E-state index contributed by atoms with van der Waals surface area (Å²) in [4.78, 5) is 37.9. The Balaban J connectivity index is 0.873. The van der Waals surface area contributed by atoms with Gasteiger partial charge in [0.2, 0.25) is 5.91 Å². The maximum atomic E-state index is 13.2. The number of aromatic nitrogens is 4. The first-order valence-electron chi connectivity index (χ1n) is 18.5. The third kappa shape index (κ3) is 9.89. The molecular weight excluding hydrogens is 772 g/mol. The van der Waals surface area contributed by atoms with E-state index in [9.17, 15) is 9.59 Å². The van der Waals surface area contributed by atoms with Gasteiger partial charge in [-0.15, -0.1) is 32.9 Å². The Kier molecular flexibility index (Phi) is 14.0. The molecule has 3 N–H and O–H groups in total. The number of hydrogen-bond donors (Lipinski definition) is 3. The SMILES string of the molecule is Cc1nc(NC(=O)c2cccc(NCCOCCOCCOCCNC(=O)C[C@@H]3N=C(c4ccc(Cl)cc4)c4c(sc(C)c4C)-n4c(C)nnc43)c2C)sc1C. The number of thiazole rings is 1. The van der Waals surface area contributed by atoms with Crippen molar-refractivity contribution in [2.24, 2.45) is 4.99 Å². The van der Waals surface area contributed by atoms with Gasteiger partial charge < -0.3 is 24.8 Å². The predicted octanol–water partition coefficient (Wildman–Crippen LogP) is 7.10. The van der Waals surface area contributed by atoms with Crippen molar-refractivity contribution < 1.29 is 23.8 Å². The fourth-order valence-corrected chi connectivity index (χ4v) is 8.36. The highest BCUT2D eigenvalue weighted by Crippen LogP contribution is 2.39. The van der Waals surface area contributed by atoms with E-state index in [0.717, 1.165) is 55.0 Å². The van der Waals surface area contributed by atoms with Gasteiger partial charge in [-0.2, -0.15) is 0 Å². The molecular formula is C40H47ClN8O5S2. The Labute approximate surface area is 339 Å². The molecule has 0 bridgehead atoms. The van der Waals surface area contributed by atoms with E-state index in [0.29, 0.717) is 74.3 Å². The van der Waals surface area contributed by atoms with Gasteiger partial charge in [-0.25, -0.2) is 4.98 Å². The molecule has 16 heteroatoms. The Morgan fingerprint density at radius 2 is 1.52 bits per heavy atom. The van der Waals surface area contributed by atoms with Gasteiger partial charge >= 0.3 is 0 Å². The second kappa shape index (κ2) is 19.1. The van der Waals surface area contributed by atoms with Crippen LogP contribution >= 0.6 is 34.3 Å². The van der Waals surface area contributed by atoms with Crippen molar-refractivity contribution in [3.8, 4) is 5.00 Å². The first kappa shape index (κ1) is 41.1. The number of halogens is 1. The van der Waals surface area contributed by atoms with Gasteiger partial charge in [0.15, 0.2) is 11.0 Å². The standard InChI is InChI=1S/C40H47ClN8O5S2/c1-23-26(4)55-39-35(23)36(29-10-12-30(41)13-11-29)45-33(37-48-47-28(6)49(37)39)22-34(50)43-15-17-53-19-21-54-20-18-52-16-14-42-32-9-7-8-31(24(32)2)38(51)46-40-44-25(3)27(5)56-40/h7-13,33,42H,14-22H2,1-6H3,(H,43,50)(H,44,46,51)/t33-/m0/s1. The van der Waals surface area contributed by atoms with Crippen LogP contribution in [-0.4, -0.2) is 90.0 Å². The number of amides is 2. The number of anilines is 2. The number of ether oxygens (including phenoxy) is 3. The van der Waals surface area contributed by atoms with Gasteiger partial charge in [0, 0.05) is 50.2 Å².